The van der Waals surface area contributed by atoms with Gasteiger partial charge in [-0.05, 0) is 25.3 Å². The van der Waals surface area contributed by atoms with Crippen molar-refractivity contribution in [3.05, 3.63) is 47.9 Å². The summed E-state index contributed by atoms with van der Waals surface area (Å²) in [6.45, 7) is 4.30. The maximum Gasteiger partial charge on any atom is 0.256 e. The minimum atomic E-state index is -0.139. The van der Waals surface area contributed by atoms with Crippen LogP contribution < -0.4 is 19.7 Å². The number of aromatic nitrogens is 3. The SMILES string of the molecule is COc1cc(OC)cc(N2CCC(CNC(=O)c3cnn4ccc(C)nc34)C2)c1. The largest absolute Gasteiger partial charge is 0.497 e. The molecule has 1 atom stereocenters. The molecule has 1 aliphatic rings. The fraction of sp³-hybridized carbons (Fsp3) is 0.381. The third kappa shape index (κ3) is 3.96. The Balaban J connectivity index is 1.39. The van der Waals surface area contributed by atoms with Gasteiger partial charge in [0.05, 0.1) is 20.4 Å². The Morgan fingerprint density at radius 2 is 2.00 bits per heavy atom. The maximum absolute atomic E-state index is 12.7. The Morgan fingerprint density at radius 1 is 1.24 bits per heavy atom. The van der Waals surface area contributed by atoms with Gasteiger partial charge in [-0.15, -0.1) is 0 Å². The van der Waals surface area contributed by atoms with Crippen LogP contribution in [0.1, 0.15) is 22.5 Å². The molecule has 3 aromatic rings. The first kappa shape index (κ1) is 19.0. The van der Waals surface area contributed by atoms with Gasteiger partial charge >= 0.3 is 0 Å². The smallest absolute Gasteiger partial charge is 0.256 e. The van der Waals surface area contributed by atoms with Crippen molar-refractivity contribution < 1.29 is 14.3 Å². The van der Waals surface area contributed by atoms with Gasteiger partial charge in [0.15, 0.2) is 5.65 Å². The van der Waals surface area contributed by atoms with E-state index in [4.69, 9.17) is 9.47 Å². The van der Waals surface area contributed by atoms with Crippen molar-refractivity contribution in [2.75, 3.05) is 38.8 Å². The van der Waals surface area contributed by atoms with Crippen LogP contribution in [0.3, 0.4) is 0 Å². The number of nitrogens with one attached hydrogen (secondary N) is 1. The van der Waals surface area contributed by atoms with E-state index in [-0.39, 0.29) is 5.91 Å². The van der Waals surface area contributed by atoms with Gasteiger partial charge < -0.3 is 19.7 Å². The number of rotatable bonds is 6. The lowest BCUT2D eigenvalue weighted by Gasteiger charge is -2.20. The molecule has 4 rings (SSSR count). The zero-order valence-electron chi connectivity index (χ0n) is 16.9. The predicted octanol–water partition coefficient (Wildman–Crippen LogP) is 2.31. The molecule has 0 radical (unpaired) electrons. The highest BCUT2D eigenvalue weighted by Crippen LogP contribution is 2.31. The molecule has 0 spiro atoms. The van der Waals surface area contributed by atoms with Gasteiger partial charge in [0.1, 0.15) is 17.1 Å². The minimum Gasteiger partial charge on any atom is -0.497 e. The molecule has 3 heterocycles. The molecule has 1 saturated heterocycles. The van der Waals surface area contributed by atoms with Crippen LogP contribution >= 0.6 is 0 Å². The van der Waals surface area contributed by atoms with Crippen molar-refractivity contribution in [1.29, 1.82) is 0 Å². The molecule has 1 aliphatic heterocycles. The molecular formula is C21H25N5O3. The fourth-order valence-electron chi connectivity index (χ4n) is 3.66. The summed E-state index contributed by atoms with van der Waals surface area (Å²) in [7, 11) is 3.30. The second-order valence-corrected chi connectivity index (χ2v) is 7.28. The molecule has 0 aliphatic carbocycles. The monoisotopic (exact) mass is 395 g/mol. The number of carbonyl (C=O) groups is 1. The van der Waals surface area contributed by atoms with Crippen molar-refractivity contribution in [1.82, 2.24) is 19.9 Å². The molecule has 29 heavy (non-hydrogen) atoms. The normalized spacial score (nSPS) is 16.2. The van der Waals surface area contributed by atoms with Gasteiger partial charge in [0, 0.05) is 55.4 Å². The van der Waals surface area contributed by atoms with Gasteiger partial charge in [-0.3, -0.25) is 4.79 Å². The molecule has 1 N–H and O–H groups in total. The molecule has 0 bridgehead atoms. The van der Waals surface area contributed by atoms with Crippen molar-refractivity contribution in [2.45, 2.75) is 13.3 Å². The van der Waals surface area contributed by atoms with Crippen LogP contribution in [0.5, 0.6) is 11.5 Å². The van der Waals surface area contributed by atoms with Gasteiger partial charge in [-0.25, -0.2) is 9.50 Å². The average molecular weight is 395 g/mol. The third-order valence-corrected chi connectivity index (χ3v) is 5.29. The number of amides is 1. The lowest BCUT2D eigenvalue weighted by molar-refractivity contribution is 0.0949. The number of aryl methyl sites for hydroxylation is 1. The zero-order chi connectivity index (χ0) is 20.4. The highest BCUT2D eigenvalue weighted by Gasteiger charge is 2.25. The van der Waals surface area contributed by atoms with Crippen LogP contribution in [-0.2, 0) is 0 Å². The Bertz CT molecular complexity index is 1010. The van der Waals surface area contributed by atoms with Gasteiger partial charge in [0.25, 0.3) is 5.91 Å². The topological polar surface area (TPSA) is 81.0 Å². The number of benzene rings is 1. The van der Waals surface area contributed by atoms with Crippen molar-refractivity contribution >= 4 is 17.2 Å². The molecule has 8 nitrogen and oxygen atoms in total. The molecular weight excluding hydrogens is 370 g/mol. The van der Waals surface area contributed by atoms with Crippen LogP contribution in [-0.4, -0.2) is 54.4 Å². The van der Waals surface area contributed by atoms with Crippen LogP contribution in [0.15, 0.2) is 36.7 Å². The number of nitrogens with zero attached hydrogens (tertiary/aromatic N) is 4. The van der Waals surface area contributed by atoms with E-state index in [0.717, 1.165) is 42.4 Å². The lowest BCUT2D eigenvalue weighted by Crippen LogP contribution is -2.31. The predicted molar refractivity (Wildman–Crippen MR) is 110 cm³/mol. The standard InChI is InChI=1S/C21H25N5O3/c1-14-4-7-26-20(24-14)19(12-23-26)21(27)22-11-15-5-6-25(13-15)16-8-17(28-2)10-18(9-16)29-3/h4,7-10,12,15H,5-6,11,13H2,1-3H3,(H,22,27). The Morgan fingerprint density at radius 3 is 2.72 bits per heavy atom. The van der Waals surface area contributed by atoms with Gasteiger partial charge in [-0.2, -0.15) is 5.10 Å². The Kier molecular flexibility index (Phi) is 5.24. The van der Waals surface area contributed by atoms with E-state index in [9.17, 15) is 4.79 Å². The molecule has 1 unspecified atom stereocenters. The van der Waals surface area contributed by atoms with E-state index in [1.165, 1.54) is 0 Å². The summed E-state index contributed by atoms with van der Waals surface area (Å²) in [5.74, 6) is 1.77. The van der Waals surface area contributed by atoms with E-state index in [1.54, 1.807) is 24.9 Å². The highest BCUT2D eigenvalue weighted by molar-refractivity contribution is 5.99. The molecule has 152 valence electrons. The van der Waals surface area contributed by atoms with Crippen LogP contribution in [0.4, 0.5) is 5.69 Å². The summed E-state index contributed by atoms with van der Waals surface area (Å²) in [5.41, 5.74) is 3.00. The number of methoxy groups -OCH3 is 2. The quantitative estimate of drug-likeness (QED) is 0.690. The van der Waals surface area contributed by atoms with E-state index in [1.807, 2.05) is 37.4 Å². The maximum atomic E-state index is 12.7. The number of fused-ring (bicyclic) bond motifs is 1. The van der Waals surface area contributed by atoms with Gasteiger partial charge in [0.2, 0.25) is 0 Å². The Hall–Kier alpha value is -3.29. The first-order valence-corrected chi connectivity index (χ1v) is 9.64. The summed E-state index contributed by atoms with van der Waals surface area (Å²) in [6.07, 6.45) is 4.39. The average Bonchev–Trinajstić information content (AvgIpc) is 3.38. The lowest BCUT2D eigenvalue weighted by atomic mass is 10.1. The summed E-state index contributed by atoms with van der Waals surface area (Å²) in [6, 6.07) is 7.75. The molecule has 1 fully saturated rings. The van der Waals surface area contributed by atoms with E-state index in [2.05, 4.69) is 20.3 Å². The van der Waals surface area contributed by atoms with Crippen molar-refractivity contribution in [3.8, 4) is 11.5 Å². The van der Waals surface area contributed by atoms with Crippen LogP contribution in [0, 0.1) is 12.8 Å². The first-order valence-electron chi connectivity index (χ1n) is 9.64. The summed E-state index contributed by atoms with van der Waals surface area (Å²) >= 11 is 0. The fourth-order valence-corrected chi connectivity index (χ4v) is 3.66. The molecule has 8 heteroatoms. The number of hydrogen-bond acceptors (Lipinski definition) is 6. The first-order chi connectivity index (χ1) is 14.1. The minimum absolute atomic E-state index is 0.139. The molecule has 0 saturated carbocycles. The van der Waals surface area contributed by atoms with Crippen molar-refractivity contribution in [3.63, 3.8) is 0 Å². The highest BCUT2D eigenvalue weighted by atomic mass is 16.5. The summed E-state index contributed by atoms with van der Waals surface area (Å²) in [4.78, 5) is 19.4. The number of carbonyl (C=O) groups excluding carboxylic acids is 1. The number of hydrogen-bond donors (Lipinski definition) is 1. The molecule has 2 aromatic heterocycles. The van der Waals surface area contributed by atoms with E-state index >= 15 is 0 Å². The zero-order valence-corrected chi connectivity index (χ0v) is 16.9. The molecule has 1 amide bonds. The third-order valence-electron chi connectivity index (χ3n) is 5.29. The van der Waals surface area contributed by atoms with Crippen LogP contribution in [0.25, 0.3) is 5.65 Å². The van der Waals surface area contributed by atoms with Crippen molar-refractivity contribution in [2.24, 2.45) is 5.92 Å². The number of anilines is 1. The second-order valence-electron chi connectivity index (χ2n) is 7.28. The van der Waals surface area contributed by atoms with E-state index < -0.39 is 0 Å². The Labute approximate surface area is 169 Å². The number of ether oxygens (including phenoxy) is 2. The summed E-state index contributed by atoms with van der Waals surface area (Å²) in [5, 5.41) is 7.25. The van der Waals surface area contributed by atoms with Crippen LogP contribution in [0.2, 0.25) is 0 Å². The van der Waals surface area contributed by atoms with Gasteiger partial charge in [-0.1, -0.05) is 0 Å². The summed E-state index contributed by atoms with van der Waals surface area (Å²) < 4.78 is 12.4. The second kappa shape index (κ2) is 7.98. The van der Waals surface area contributed by atoms with E-state index in [0.29, 0.717) is 23.7 Å². The molecule has 1 aromatic carbocycles.